The lowest BCUT2D eigenvalue weighted by molar-refractivity contribution is -0.268. The number of Topliss-reactive ketones (excluding diaryl/α,β-unsaturated/α-hetero) is 1. The Kier molecular flexibility index (Phi) is 29.8. The molecule has 26 heteroatoms. The minimum Gasteiger partial charge on any atom is -0.481 e. The second kappa shape index (κ2) is 37.8. The van der Waals surface area contributed by atoms with Crippen molar-refractivity contribution in [3.05, 3.63) is 95.3 Å². The molecule has 3 saturated heterocycles. The van der Waals surface area contributed by atoms with Gasteiger partial charge in [0.1, 0.15) is 29.8 Å². The molecule has 0 unspecified atom stereocenters. The average molecular weight is 1220 g/mol. The van der Waals surface area contributed by atoms with Gasteiger partial charge in [0, 0.05) is 66.8 Å². The molecule has 25 nitrogen and oxygen atoms in total. The first-order valence-electron chi connectivity index (χ1n) is 29.9. The maximum atomic E-state index is 13.0. The van der Waals surface area contributed by atoms with E-state index in [4.69, 9.17) is 37.9 Å². The lowest BCUT2D eigenvalue weighted by Crippen LogP contribution is -2.63. The summed E-state index contributed by atoms with van der Waals surface area (Å²) >= 11 is 1.89. The topological polar surface area (TPSA) is 328 Å². The summed E-state index contributed by atoms with van der Waals surface area (Å²) in [5.74, 6) is -0.756. The number of carboxylic acids is 1. The number of aliphatic hydroxyl groups is 2. The normalized spacial score (nSPS) is 23.6. The largest absolute Gasteiger partial charge is 0.481 e. The number of ketones is 2. The van der Waals surface area contributed by atoms with Crippen molar-refractivity contribution in [2.45, 2.75) is 132 Å². The molecule has 4 heterocycles. The standard InChI is InChI=1S/C60H86N8O17S/c69-48-19-18-44(35-53(72)73)46(48)11-5-2-8-22-84-59-55(63-36-41-14-16-43(17-15-41)56(74)42-9-3-1-4-10-42)58(76)57(75)49(85-59)39-68-38-45(66-67-68)37-62-52(71)20-23-78-25-27-80-29-31-82-33-34-83-32-30-81-28-26-79-24-21-61-51(70)13-7-6-12-50-54-47(40-86-50)64-60(77)65-54/h1-5,9-10,14-17,38,44,46-47,49-50,54-55,57-59,63,75-76H,6-8,11-13,18-37,39-40H2,(H,61,70)(H,62,71)(H,72,73)(H2,64,65,77)/b5-2-/t44-,46-,47+,49-,50+,54+,55-,57+,58-,59-/m1/s1. The van der Waals surface area contributed by atoms with Gasteiger partial charge < -0.3 is 79.8 Å². The van der Waals surface area contributed by atoms with Crippen molar-refractivity contribution in [2.75, 3.05) is 98.2 Å². The van der Waals surface area contributed by atoms with E-state index >= 15 is 0 Å². The number of carbonyl (C=O) groups excluding carboxylic acids is 5. The zero-order valence-electron chi connectivity index (χ0n) is 48.8. The summed E-state index contributed by atoms with van der Waals surface area (Å²) in [6.07, 6.45) is 5.78. The number of aromatic nitrogens is 3. The SMILES string of the molecule is O=C(O)C[C@H]1CCC(=O)[C@@H]1C/C=C\CCO[C@@H]1O[C@H](Cn2cc(CNC(=O)CCOCCOCCOCCOCCOCCOCCNC(=O)CCCC[C@@H]3SC[C@@H]4NC(=O)N[C@@H]43)nn2)[C@H](O)[C@H](O)[C@H]1NCc1ccc(C(=O)c2ccccc2)cc1. The second-order valence-electron chi connectivity index (χ2n) is 21.5. The van der Waals surface area contributed by atoms with Crippen LogP contribution in [0.1, 0.15) is 91.4 Å². The van der Waals surface area contributed by atoms with Crippen molar-refractivity contribution in [3.8, 4) is 0 Å². The number of hydrogen-bond acceptors (Lipinski definition) is 20. The molecule has 3 aliphatic heterocycles. The molecule has 1 aromatic heterocycles. The number of carbonyl (C=O) groups is 6. The van der Waals surface area contributed by atoms with Gasteiger partial charge in [-0.25, -0.2) is 9.48 Å². The van der Waals surface area contributed by atoms with Gasteiger partial charge in [-0.05, 0) is 43.6 Å². The van der Waals surface area contributed by atoms with Crippen LogP contribution >= 0.6 is 11.8 Å². The van der Waals surface area contributed by atoms with Crippen LogP contribution in [0.15, 0.2) is 72.9 Å². The number of urea groups is 1. The number of aliphatic carboxylic acids is 1. The van der Waals surface area contributed by atoms with Crippen molar-refractivity contribution in [1.29, 1.82) is 0 Å². The van der Waals surface area contributed by atoms with Gasteiger partial charge in [0.05, 0.1) is 123 Å². The summed E-state index contributed by atoms with van der Waals surface area (Å²) in [5.41, 5.74) is 2.37. The highest BCUT2D eigenvalue weighted by atomic mass is 32.2. The number of unbranched alkanes of at least 4 members (excludes halogenated alkanes) is 1. The molecule has 0 bridgehead atoms. The number of allylic oxidation sites excluding steroid dienone is 1. The number of ether oxygens (including phenoxy) is 8. The van der Waals surface area contributed by atoms with Crippen LogP contribution in [-0.2, 0) is 76.7 Å². The van der Waals surface area contributed by atoms with Crippen LogP contribution in [0.5, 0.6) is 0 Å². The number of nitrogens with zero attached hydrogens (tertiary/aromatic N) is 3. The smallest absolute Gasteiger partial charge is 0.315 e. The molecule has 474 valence electrons. The molecule has 2 aromatic carbocycles. The van der Waals surface area contributed by atoms with Crippen molar-refractivity contribution >= 4 is 47.1 Å². The van der Waals surface area contributed by atoms with E-state index in [1.807, 2.05) is 42.1 Å². The molecule has 4 amide bonds. The first-order valence-corrected chi connectivity index (χ1v) is 31.0. The molecule has 10 atom stereocenters. The van der Waals surface area contributed by atoms with E-state index in [2.05, 4.69) is 36.9 Å². The summed E-state index contributed by atoms with van der Waals surface area (Å²) in [4.78, 5) is 73.0. The molecule has 3 aromatic rings. The Balaban J connectivity index is 0.688. The predicted molar refractivity (Wildman–Crippen MR) is 314 cm³/mol. The van der Waals surface area contributed by atoms with Gasteiger partial charge in [-0.3, -0.25) is 24.0 Å². The number of benzene rings is 2. The van der Waals surface area contributed by atoms with E-state index in [-0.39, 0.29) is 99.0 Å². The van der Waals surface area contributed by atoms with Gasteiger partial charge in [-0.15, -0.1) is 5.10 Å². The number of carboxylic acid groups (broad SMARTS) is 1. The van der Waals surface area contributed by atoms with Crippen LogP contribution < -0.4 is 26.6 Å². The maximum absolute atomic E-state index is 13.0. The molecule has 1 saturated carbocycles. The summed E-state index contributed by atoms with van der Waals surface area (Å²) < 4.78 is 47.2. The summed E-state index contributed by atoms with van der Waals surface area (Å²) in [7, 11) is 0. The number of amides is 4. The predicted octanol–water partition coefficient (Wildman–Crippen LogP) is 2.49. The van der Waals surface area contributed by atoms with Gasteiger partial charge in [-0.1, -0.05) is 78.4 Å². The maximum Gasteiger partial charge on any atom is 0.315 e. The van der Waals surface area contributed by atoms with Gasteiger partial charge in [-0.2, -0.15) is 11.8 Å². The third-order valence-corrected chi connectivity index (χ3v) is 16.7. The van der Waals surface area contributed by atoms with Crippen LogP contribution in [0.4, 0.5) is 4.79 Å². The fraction of sp³-hybridized carbons (Fsp3) is 0.633. The second-order valence-corrected chi connectivity index (χ2v) is 22.8. The Bertz CT molecular complexity index is 2570. The number of rotatable bonds is 43. The number of fused-ring (bicyclic) bond motifs is 1. The first kappa shape index (κ1) is 67.8. The summed E-state index contributed by atoms with van der Waals surface area (Å²) in [6.45, 7) is 5.45. The van der Waals surface area contributed by atoms with Crippen molar-refractivity contribution < 1.29 is 82.0 Å². The molecule has 1 aliphatic carbocycles. The highest BCUT2D eigenvalue weighted by Gasteiger charge is 2.46. The van der Waals surface area contributed by atoms with E-state index in [1.165, 1.54) is 4.68 Å². The molecule has 8 N–H and O–H groups in total. The lowest BCUT2D eigenvalue weighted by atomic mass is 9.89. The van der Waals surface area contributed by atoms with Gasteiger partial charge in [0.2, 0.25) is 11.8 Å². The molecule has 4 aliphatic rings. The van der Waals surface area contributed by atoms with Crippen LogP contribution in [0, 0.1) is 11.8 Å². The fourth-order valence-corrected chi connectivity index (χ4v) is 12.1. The molecule has 86 heavy (non-hydrogen) atoms. The number of hydrogen-bond donors (Lipinski definition) is 8. The van der Waals surface area contributed by atoms with Crippen LogP contribution in [0.3, 0.4) is 0 Å². The Morgan fingerprint density at radius 2 is 1.41 bits per heavy atom. The Hall–Kier alpha value is -5.75. The summed E-state index contributed by atoms with van der Waals surface area (Å²) in [6, 6.07) is 15.5. The quantitative estimate of drug-likeness (QED) is 0.0175. The zero-order chi connectivity index (χ0) is 60.7. The van der Waals surface area contributed by atoms with Crippen LogP contribution in [0.25, 0.3) is 0 Å². The molecule has 0 radical (unpaired) electrons. The van der Waals surface area contributed by atoms with Gasteiger partial charge in [0.25, 0.3) is 0 Å². The Labute approximate surface area is 506 Å². The Morgan fingerprint density at radius 3 is 2.10 bits per heavy atom. The average Bonchev–Trinajstić information content (AvgIpc) is 2.40. The number of thioether (sulfide) groups is 1. The monoisotopic (exact) mass is 1220 g/mol. The summed E-state index contributed by atoms with van der Waals surface area (Å²) in [5, 5.41) is 55.8. The fourth-order valence-electron chi connectivity index (χ4n) is 10.6. The van der Waals surface area contributed by atoms with Gasteiger partial charge >= 0.3 is 12.0 Å². The molecule has 0 spiro atoms. The minimum atomic E-state index is -1.37. The van der Waals surface area contributed by atoms with Crippen LogP contribution in [0.2, 0.25) is 0 Å². The van der Waals surface area contributed by atoms with Gasteiger partial charge in [0.15, 0.2) is 12.1 Å². The highest BCUT2D eigenvalue weighted by molar-refractivity contribution is 8.00. The van der Waals surface area contributed by atoms with E-state index in [9.17, 15) is 44.1 Å². The van der Waals surface area contributed by atoms with Crippen molar-refractivity contribution in [1.82, 2.24) is 41.6 Å². The first-order chi connectivity index (χ1) is 41.9. The molecule has 7 rings (SSSR count). The molecular formula is C60H86N8O17S. The number of nitrogens with one attached hydrogen (secondary N) is 5. The molecular weight excluding hydrogens is 1140 g/mol. The van der Waals surface area contributed by atoms with E-state index < -0.39 is 36.6 Å². The van der Waals surface area contributed by atoms with E-state index in [0.29, 0.717) is 133 Å². The van der Waals surface area contributed by atoms with Crippen molar-refractivity contribution in [3.63, 3.8) is 0 Å². The molecule has 4 fully saturated rings. The van der Waals surface area contributed by atoms with E-state index in [1.54, 1.807) is 42.6 Å². The van der Waals surface area contributed by atoms with E-state index in [0.717, 1.165) is 30.6 Å². The number of aliphatic hydroxyl groups excluding tert-OH is 2. The third kappa shape index (κ3) is 23.4. The lowest BCUT2D eigenvalue weighted by Gasteiger charge is -2.43. The minimum absolute atomic E-state index is 0.000432. The third-order valence-electron chi connectivity index (χ3n) is 15.2. The van der Waals surface area contributed by atoms with Crippen molar-refractivity contribution in [2.24, 2.45) is 11.8 Å². The highest BCUT2D eigenvalue weighted by Crippen LogP contribution is 2.35. The Morgan fingerprint density at radius 1 is 0.744 bits per heavy atom. The zero-order valence-corrected chi connectivity index (χ0v) is 49.6. The van der Waals surface area contributed by atoms with Crippen LogP contribution in [-0.4, -0.2) is 212 Å².